The zero-order chi connectivity index (χ0) is 24.8. The van der Waals surface area contributed by atoms with Gasteiger partial charge in [-0.1, -0.05) is 26.0 Å². The number of alkyl carbamates (subject to hydrolysis) is 1. The molecule has 1 aromatic rings. The molecular formula is C24H32FN3O5S. The second kappa shape index (κ2) is 11.7. The lowest BCUT2D eigenvalue weighted by molar-refractivity contribution is -0.128. The molecule has 3 N–H and O–H groups in total. The van der Waals surface area contributed by atoms with E-state index in [1.165, 1.54) is 12.1 Å². The Balaban J connectivity index is 1.51. The molecular weight excluding hydrogens is 461 g/mol. The van der Waals surface area contributed by atoms with Gasteiger partial charge in [0.1, 0.15) is 11.9 Å². The number of amides is 3. The Bertz CT molecular complexity index is 928. The minimum Gasteiger partial charge on any atom is -0.449 e. The van der Waals surface area contributed by atoms with Crippen molar-refractivity contribution in [3.05, 3.63) is 35.6 Å². The summed E-state index contributed by atoms with van der Waals surface area (Å²) in [5.74, 6) is -1.00. The van der Waals surface area contributed by atoms with Crippen molar-refractivity contribution >= 4 is 35.7 Å². The van der Waals surface area contributed by atoms with Crippen molar-refractivity contribution in [2.24, 2.45) is 17.8 Å². The molecule has 3 rings (SSSR count). The summed E-state index contributed by atoms with van der Waals surface area (Å²) in [7, 11) is 0. The minimum atomic E-state index is -0.935. The van der Waals surface area contributed by atoms with Crippen molar-refractivity contribution in [3.8, 4) is 0 Å². The summed E-state index contributed by atoms with van der Waals surface area (Å²) < 4.78 is 18.7. The Kier molecular flexibility index (Phi) is 8.93. The first-order valence-electron chi connectivity index (χ1n) is 11.6. The lowest BCUT2D eigenvalue weighted by atomic mass is 9.98. The highest BCUT2D eigenvalue weighted by Crippen LogP contribution is 2.47. The molecule has 5 atom stereocenters. The van der Waals surface area contributed by atoms with Crippen molar-refractivity contribution in [2.45, 2.75) is 57.5 Å². The molecule has 0 unspecified atom stereocenters. The fourth-order valence-electron chi connectivity index (χ4n) is 4.30. The molecule has 0 radical (unpaired) electrons. The van der Waals surface area contributed by atoms with Gasteiger partial charge in [-0.25, -0.2) is 9.18 Å². The van der Waals surface area contributed by atoms with E-state index >= 15 is 0 Å². The Morgan fingerprint density at radius 2 is 2.00 bits per heavy atom. The van der Waals surface area contributed by atoms with Crippen LogP contribution in [0.15, 0.2) is 24.3 Å². The molecule has 0 bridgehead atoms. The number of benzene rings is 1. The maximum Gasteiger partial charge on any atom is 0.407 e. The van der Waals surface area contributed by atoms with Crippen LogP contribution in [0.3, 0.4) is 0 Å². The van der Waals surface area contributed by atoms with Crippen LogP contribution in [0.25, 0.3) is 0 Å². The van der Waals surface area contributed by atoms with Gasteiger partial charge in [-0.3, -0.25) is 14.4 Å². The Morgan fingerprint density at radius 3 is 2.62 bits per heavy atom. The molecule has 1 saturated heterocycles. The van der Waals surface area contributed by atoms with E-state index < -0.39 is 29.2 Å². The molecule has 1 saturated carbocycles. The lowest BCUT2D eigenvalue weighted by Gasteiger charge is -2.24. The topological polar surface area (TPSA) is 114 Å². The van der Waals surface area contributed by atoms with E-state index in [4.69, 9.17) is 4.74 Å². The quantitative estimate of drug-likeness (QED) is 0.354. The molecule has 8 nitrogen and oxygen atoms in total. The van der Waals surface area contributed by atoms with Crippen LogP contribution in [-0.4, -0.2) is 48.3 Å². The van der Waals surface area contributed by atoms with Crippen molar-refractivity contribution in [1.29, 1.82) is 0 Å². The molecule has 186 valence electrons. The standard InChI is InChI=1S/C24H32FN3O5S/c1-13(2)8-19(22(30)27-20(23(31)34)11-15-6-7-26-21(15)29)28-24(32)33-12-16-10-18(16)14-4-3-5-17(25)9-14/h3-5,9,13,15-16,18-20H,6-8,10-12H2,1-2H3,(H,26,29)(H,27,30)(H,28,32)(H,31,34)/t15-,16-,18-,19-,20-/m0/s1. The summed E-state index contributed by atoms with van der Waals surface area (Å²) in [6.07, 6.45) is 1.15. The van der Waals surface area contributed by atoms with Crippen LogP contribution >= 0.6 is 12.6 Å². The maximum absolute atomic E-state index is 13.4. The Morgan fingerprint density at radius 1 is 1.24 bits per heavy atom. The van der Waals surface area contributed by atoms with E-state index in [-0.39, 0.29) is 48.4 Å². The number of halogens is 1. The van der Waals surface area contributed by atoms with Crippen LogP contribution in [0.2, 0.25) is 0 Å². The van der Waals surface area contributed by atoms with Crippen molar-refractivity contribution in [3.63, 3.8) is 0 Å². The second-order valence-electron chi connectivity index (χ2n) is 9.49. The smallest absolute Gasteiger partial charge is 0.407 e. The number of nitrogens with one attached hydrogen (secondary N) is 3. The van der Waals surface area contributed by atoms with Gasteiger partial charge in [0.05, 0.1) is 12.6 Å². The van der Waals surface area contributed by atoms with E-state index in [2.05, 4.69) is 28.6 Å². The average molecular weight is 494 g/mol. The molecule has 2 aliphatic rings. The number of rotatable bonds is 11. The van der Waals surface area contributed by atoms with Crippen LogP contribution in [0, 0.1) is 23.6 Å². The van der Waals surface area contributed by atoms with Gasteiger partial charge in [-0.05, 0) is 55.2 Å². The number of hydrogen-bond donors (Lipinski definition) is 4. The number of carbonyl (C=O) groups excluding carboxylic acids is 4. The molecule has 0 aromatic heterocycles. The number of carbonyl (C=O) groups is 4. The first kappa shape index (κ1) is 26.0. The normalized spacial score (nSPS) is 23.1. The second-order valence-corrected chi connectivity index (χ2v) is 9.93. The van der Waals surface area contributed by atoms with Gasteiger partial charge in [0.15, 0.2) is 0 Å². The lowest BCUT2D eigenvalue weighted by Crippen LogP contribution is -2.52. The SMILES string of the molecule is CC(C)C[C@H](NC(=O)OC[C@@H]1C[C@H]1c1cccc(F)c1)C(=O)N[C@@H](C[C@@H]1CCNC1=O)C(=O)S. The highest BCUT2D eigenvalue weighted by Gasteiger charge is 2.39. The fraction of sp³-hybridized carbons (Fsp3) is 0.583. The van der Waals surface area contributed by atoms with Crippen LogP contribution in [0.4, 0.5) is 9.18 Å². The van der Waals surface area contributed by atoms with Crippen LogP contribution in [0.1, 0.15) is 51.0 Å². The molecule has 1 heterocycles. The summed E-state index contributed by atoms with van der Waals surface area (Å²) in [6, 6.07) is 4.55. The molecule has 1 aliphatic carbocycles. The van der Waals surface area contributed by atoms with Gasteiger partial charge in [0, 0.05) is 18.4 Å². The van der Waals surface area contributed by atoms with Crippen LogP contribution < -0.4 is 16.0 Å². The number of thiol groups is 1. The van der Waals surface area contributed by atoms with E-state index in [1.807, 2.05) is 19.9 Å². The summed E-state index contributed by atoms with van der Waals surface area (Å²) in [5.41, 5.74) is 0.879. The summed E-state index contributed by atoms with van der Waals surface area (Å²) in [5, 5.41) is 7.39. The highest BCUT2D eigenvalue weighted by atomic mass is 32.1. The molecule has 34 heavy (non-hydrogen) atoms. The molecule has 0 spiro atoms. The monoisotopic (exact) mass is 493 g/mol. The van der Waals surface area contributed by atoms with Gasteiger partial charge in [0.25, 0.3) is 0 Å². The van der Waals surface area contributed by atoms with Crippen molar-refractivity contribution < 1.29 is 28.3 Å². The number of ether oxygens (including phenoxy) is 1. The van der Waals surface area contributed by atoms with E-state index in [0.29, 0.717) is 19.4 Å². The molecule has 10 heteroatoms. The zero-order valence-electron chi connectivity index (χ0n) is 19.4. The van der Waals surface area contributed by atoms with Gasteiger partial charge >= 0.3 is 6.09 Å². The predicted octanol–water partition coefficient (Wildman–Crippen LogP) is 2.54. The van der Waals surface area contributed by atoms with Crippen LogP contribution in [0.5, 0.6) is 0 Å². The number of hydrogen-bond acceptors (Lipinski definition) is 5. The van der Waals surface area contributed by atoms with Crippen LogP contribution in [-0.2, 0) is 19.1 Å². The van der Waals surface area contributed by atoms with Crippen molar-refractivity contribution in [2.75, 3.05) is 13.2 Å². The molecule has 2 fully saturated rings. The van der Waals surface area contributed by atoms with E-state index in [1.54, 1.807) is 6.07 Å². The molecule has 3 amide bonds. The van der Waals surface area contributed by atoms with Crippen molar-refractivity contribution in [1.82, 2.24) is 16.0 Å². The first-order valence-corrected chi connectivity index (χ1v) is 12.1. The first-order chi connectivity index (χ1) is 16.1. The summed E-state index contributed by atoms with van der Waals surface area (Å²) >= 11 is 3.87. The average Bonchev–Trinajstić information content (AvgIpc) is 3.44. The van der Waals surface area contributed by atoms with Gasteiger partial charge < -0.3 is 20.7 Å². The molecule has 1 aromatic carbocycles. The predicted molar refractivity (Wildman–Crippen MR) is 127 cm³/mol. The van der Waals surface area contributed by atoms with Gasteiger partial charge in [-0.2, -0.15) is 0 Å². The summed E-state index contributed by atoms with van der Waals surface area (Å²) in [6.45, 7) is 4.52. The third kappa shape index (κ3) is 7.44. The summed E-state index contributed by atoms with van der Waals surface area (Å²) in [4.78, 5) is 49.1. The maximum atomic E-state index is 13.4. The minimum absolute atomic E-state index is 0.0857. The fourth-order valence-corrected chi connectivity index (χ4v) is 4.47. The Hall–Kier alpha value is -2.62. The van der Waals surface area contributed by atoms with E-state index in [0.717, 1.165) is 12.0 Å². The third-order valence-corrected chi connectivity index (χ3v) is 6.55. The van der Waals surface area contributed by atoms with Gasteiger partial charge in [0.2, 0.25) is 16.9 Å². The Labute approximate surface area is 204 Å². The largest absolute Gasteiger partial charge is 0.449 e. The highest BCUT2D eigenvalue weighted by molar-refractivity contribution is 7.96. The van der Waals surface area contributed by atoms with Gasteiger partial charge in [-0.15, -0.1) is 12.6 Å². The zero-order valence-corrected chi connectivity index (χ0v) is 20.3. The molecule has 1 aliphatic heterocycles. The third-order valence-electron chi connectivity index (χ3n) is 6.24. The van der Waals surface area contributed by atoms with E-state index in [9.17, 15) is 23.6 Å².